The maximum absolute atomic E-state index is 5.68. The first kappa shape index (κ1) is 12.8. The average Bonchev–Trinajstić information content (AvgIpc) is 2.97. The molecule has 20 heavy (non-hydrogen) atoms. The summed E-state index contributed by atoms with van der Waals surface area (Å²) in [5, 5.41) is 4.58. The van der Waals surface area contributed by atoms with E-state index >= 15 is 0 Å². The van der Waals surface area contributed by atoms with Gasteiger partial charge in [-0.1, -0.05) is 18.2 Å². The van der Waals surface area contributed by atoms with Crippen molar-refractivity contribution in [1.29, 1.82) is 0 Å². The number of benzene rings is 2. The Hall–Kier alpha value is -2.20. The first-order chi connectivity index (χ1) is 9.81. The third-order valence-electron chi connectivity index (χ3n) is 2.93. The van der Waals surface area contributed by atoms with Crippen molar-refractivity contribution in [2.45, 2.75) is 10.6 Å². The number of para-hydroxylation sites is 1. The Balaban J connectivity index is 1.67. The fourth-order valence-corrected chi connectivity index (χ4v) is 2.68. The quantitative estimate of drug-likeness (QED) is 0.585. The third kappa shape index (κ3) is 3.03. The Morgan fingerprint density at radius 1 is 0.950 bits per heavy atom. The molecule has 0 aliphatic carbocycles. The third-order valence-corrected chi connectivity index (χ3v) is 3.98. The van der Waals surface area contributed by atoms with E-state index in [2.05, 4.69) is 11.2 Å². The normalized spacial score (nSPS) is 10.6. The number of nitrogens with two attached hydrogens (primary N) is 1. The highest BCUT2D eigenvalue weighted by Gasteiger charge is 2.02. The van der Waals surface area contributed by atoms with Gasteiger partial charge >= 0.3 is 0 Å². The van der Waals surface area contributed by atoms with Gasteiger partial charge in [0.05, 0.1) is 11.4 Å². The highest BCUT2D eigenvalue weighted by molar-refractivity contribution is 7.98. The van der Waals surface area contributed by atoms with Crippen LogP contribution in [0.1, 0.15) is 5.69 Å². The molecule has 2 N–H and O–H groups in total. The van der Waals surface area contributed by atoms with Gasteiger partial charge in [0.1, 0.15) is 0 Å². The summed E-state index contributed by atoms with van der Waals surface area (Å²) >= 11 is 1.76. The Kier molecular flexibility index (Phi) is 3.74. The average molecular weight is 281 g/mol. The highest BCUT2D eigenvalue weighted by Crippen LogP contribution is 2.23. The molecule has 0 atom stereocenters. The van der Waals surface area contributed by atoms with Crippen molar-refractivity contribution in [3.63, 3.8) is 0 Å². The number of nitrogen functional groups attached to an aromatic ring is 1. The van der Waals surface area contributed by atoms with Gasteiger partial charge in [0.15, 0.2) is 0 Å². The lowest BCUT2D eigenvalue weighted by Crippen LogP contribution is -1.94. The van der Waals surface area contributed by atoms with Gasteiger partial charge in [-0.05, 0) is 42.5 Å². The van der Waals surface area contributed by atoms with E-state index in [9.17, 15) is 0 Å². The Morgan fingerprint density at radius 3 is 2.45 bits per heavy atom. The molecule has 3 nitrogen and oxygen atoms in total. The zero-order valence-electron chi connectivity index (χ0n) is 10.9. The van der Waals surface area contributed by atoms with E-state index in [0.717, 1.165) is 22.8 Å². The molecule has 0 aliphatic rings. The minimum absolute atomic E-state index is 0.794. The number of nitrogens with zero attached hydrogens (tertiary/aromatic N) is 2. The summed E-state index contributed by atoms with van der Waals surface area (Å²) in [6.45, 7) is 0. The van der Waals surface area contributed by atoms with Crippen LogP contribution in [0.4, 0.5) is 5.69 Å². The molecule has 0 unspecified atom stereocenters. The van der Waals surface area contributed by atoms with Crippen molar-refractivity contribution in [1.82, 2.24) is 9.78 Å². The van der Waals surface area contributed by atoms with Gasteiger partial charge in [-0.3, -0.25) is 0 Å². The molecular formula is C16H15N3S. The largest absolute Gasteiger partial charge is 0.399 e. The SMILES string of the molecule is Nc1ccc(SCc2ccn(-c3ccccc3)n2)cc1. The van der Waals surface area contributed by atoms with Crippen LogP contribution in [0.3, 0.4) is 0 Å². The van der Waals surface area contributed by atoms with Gasteiger partial charge in [0.2, 0.25) is 0 Å². The molecule has 1 aromatic heterocycles. The van der Waals surface area contributed by atoms with Gasteiger partial charge in [0.25, 0.3) is 0 Å². The van der Waals surface area contributed by atoms with Gasteiger partial charge < -0.3 is 5.73 Å². The standard InChI is InChI=1S/C16H15N3S/c17-13-6-8-16(9-7-13)20-12-14-10-11-19(18-14)15-4-2-1-3-5-15/h1-11H,12,17H2. The molecule has 1 heterocycles. The highest BCUT2D eigenvalue weighted by atomic mass is 32.2. The molecule has 0 fully saturated rings. The van der Waals surface area contributed by atoms with Crippen LogP contribution in [0, 0.1) is 0 Å². The number of hydrogen-bond donors (Lipinski definition) is 1. The molecule has 0 spiro atoms. The van der Waals surface area contributed by atoms with E-state index in [1.54, 1.807) is 11.8 Å². The summed E-state index contributed by atoms with van der Waals surface area (Å²) in [5.41, 5.74) is 8.62. The fourth-order valence-electron chi connectivity index (χ4n) is 1.88. The smallest absolute Gasteiger partial charge is 0.0731 e. The predicted octanol–water partition coefficient (Wildman–Crippen LogP) is 3.75. The molecule has 0 amide bonds. The maximum atomic E-state index is 5.68. The Morgan fingerprint density at radius 2 is 1.70 bits per heavy atom. The summed E-state index contributed by atoms with van der Waals surface area (Å²) in [6.07, 6.45) is 1.99. The van der Waals surface area contributed by atoms with Crippen molar-refractivity contribution in [2.75, 3.05) is 5.73 Å². The van der Waals surface area contributed by atoms with E-state index < -0.39 is 0 Å². The van der Waals surface area contributed by atoms with Gasteiger partial charge in [0, 0.05) is 22.5 Å². The Bertz CT molecular complexity index is 674. The summed E-state index contributed by atoms with van der Waals surface area (Å²) in [6, 6.07) is 20.1. The van der Waals surface area contributed by atoms with E-state index in [0.29, 0.717) is 0 Å². The van der Waals surface area contributed by atoms with Crippen molar-refractivity contribution in [3.8, 4) is 5.69 Å². The minimum Gasteiger partial charge on any atom is -0.399 e. The summed E-state index contributed by atoms with van der Waals surface area (Å²) in [5.74, 6) is 0.851. The lowest BCUT2D eigenvalue weighted by atomic mass is 10.3. The predicted molar refractivity (Wildman–Crippen MR) is 84.0 cm³/mol. The number of hydrogen-bond acceptors (Lipinski definition) is 3. The van der Waals surface area contributed by atoms with Crippen molar-refractivity contribution < 1.29 is 0 Å². The number of anilines is 1. The lowest BCUT2D eigenvalue weighted by Gasteiger charge is -2.01. The van der Waals surface area contributed by atoms with E-state index in [1.165, 1.54) is 4.90 Å². The second-order valence-corrected chi connectivity index (χ2v) is 5.49. The van der Waals surface area contributed by atoms with Crippen molar-refractivity contribution in [2.24, 2.45) is 0 Å². The zero-order chi connectivity index (χ0) is 13.8. The number of aromatic nitrogens is 2. The molecule has 0 bridgehead atoms. The Labute approximate surface area is 122 Å². The van der Waals surface area contributed by atoms with E-state index in [4.69, 9.17) is 5.73 Å². The van der Waals surface area contributed by atoms with Gasteiger partial charge in [-0.15, -0.1) is 11.8 Å². The van der Waals surface area contributed by atoms with Crippen LogP contribution in [-0.4, -0.2) is 9.78 Å². The van der Waals surface area contributed by atoms with Crippen LogP contribution in [0.15, 0.2) is 71.8 Å². The number of thioether (sulfide) groups is 1. The van der Waals surface area contributed by atoms with Crippen molar-refractivity contribution >= 4 is 17.4 Å². The maximum Gasteiger partial charge on any atom is 0.0731 e. The van der Waals surface area contributed by atoms with Crippen LogP contribution >= 0.6 is 11.8 Å². The summed E-state index contributed by atoms with van der Waals surface area (Å²) < 4.78 is 1.90. The van der Waals surface area contributed by atoms with Crippen LogP contribution in [0.25, 0.3) is 5.69 Å². The monoisotopic (exact) mass is 281 g/mol. The molecule has 3 aromatic rings. The van der Waals surface area contributed by atoms with Gasteiger partial charge in [-0.2, -0.15) is 5.10 Å². The molecule has 4 heteroatoms. The van der Waals surface area contributed by atoms with Crippen LogP contribution < -0.4 is 5.73 Å². The molecule has 0 saturated heterocycles. The molecule has 0 aliphatic heterocycles. The fraction of sp³-hybridized carbons (Fsp3) is 0.0625. The van der Waals surface area contributed by atoms with Crippen LogP contribution in [0.2, 0.25) is 0 Å². The summed E-state index contributed by atoms with van der Waals surface area (Å²) in [4.78, 5) is 1.20. The summed E-state index contributed by atoms with van der Waals surface area (Å²) in [7, 11) is 0. The topological polar surface area (TPSA) is 43.8 Å². The first-order valence-electron chi connectivity index (χ1n) is 6.39. The van der Waals surface area contributed by atoms with Crippen molar-refractivity contribution in [3.05, 3.63) is 72.6 Å². The minimum atomic E-state index is 0.794. The second-order valence-electron chi connectivity index (χ2n) is 4.44. The molecule has 0 radical (unpaired) electrons. The molecule has 0 saturated carbocycles. The number of rotatable bonds is 4. The van der Waals surface area contributed by atoms with Gasteiger partial charge in [-0.25, -0.2) is 4.68 Å². The first-order valence-corrected chi connectivity index (χ1v) is 7.38. The molecule has 3 rings (SSSR count). The molecular weight excluding hydrogens is 266 g/mol. The molecule has 100 valence electrons. The molecule has 2 aromatic carbocycles. The van der Waals surface area contributed by atoms with Crippen LogP contribution in [0.5, 0.6) is 0 Å². The second kappa shape index (κ2) is 5.84. The lowest BCUT2D eigenvalue weighted by molar-refractivity contribution is 0.859. The zero-order valence-corrected chi connectivity index (χ0v) is 11.8. The van der Waals surface area contributed by atoms with E-state index in [1.807, 2.05) is 65.5 Å². The van der Waals surface area contributed by atoms with E-state index in [-0.39, 0.29) is 0 Å². The van der Waals surface area contributed by atoms with Crippen LogP contribution in [-0.2, 0) is 5.75 Å².